The lowest BCUT2D eigenvalue weighted by molar-refractivity contribution is -0.154. The lowest BCUT2D eigenvalue weighted by Crippen LogP contribution is -2.40. The van der Waals surface area contributed by atoms with Gasteiger partial charge in [0.15, 0.2) is 0 Å². The fourth-order valence-corrected chi connectivity index (χ4v) is 3.54. The highest BCUT2D eigenvalue weighted by molar-refractivity contribution is 5.69. The molecule has 1 aromatic carbocycles. The van der Waals surface area contributed by atoms with Crippen LogP contribution in [0.15, 0.2) is 36.4 Å². The van der Waals surface area contributed by atoms with Gasteiger partial charge in [-0.15, -0.1) is 0 Å². The van der Waals surface area contributed by atoms with Crippen LogP contribution in [-0.4, -0.2) is 36.7 Å². The van der Waals surface area contributed by atoms with Gasteiger partial charge in [-0.1, -0.05) is 49.4 Å². The Balaban J connectivity index is 0.000000414. The minimum atomic E-state index is -0.367. The molecule has 30 heavy (non-hydrogen) atoms. The second-order valence-corrected chi connectivity index (χ2v) is 9.06. The van der Waals surface area contributed by atoms with Gasteiger partial charge in [0.05, 0.1) is 0 Å². The van der Waals surface area contributed by atoms with Gasteiger partial charge in [-0.25, -0.2) is 0 Å². The summed E-state index contributed by atoms with van der Waals surface area (Å²) in [6.07, 6.45) is 11.7. The number of esters is 1. The Morgan fingerprint density at radius 2 is 1.60 bits per heavy atom. The van der Waals surface area contributed by atoms with Crippen molar-refractivity contribution in [1.29, 1.82) is 0 Å². The lowest BCUT2D eigenvalue weighted by atomic mass is 9.91. The molecule has 0 saturated heterocycles. The highest BCUT2D eigenvalue weighted by Gasteiger charge is 2.20. The number of nitrogens with one attached hydrogen (secondary N) is 2. The van der Waals surface area contributed by atoms with Gasteiger partial charge in [0.2, 0.25) is 0 Å². The van der Waals surface area contributed by atoms with Crippen LogP contribution in [0.1, 0.15) is 85.1 Å². The summed E-state index contributed by atoms with van der Waals surface area (Å²) >= 11 is 0. The Hall–Kier alpha value is -1.65. The molecule has 1 saturated carbocycles. The van der Waals surface area contributed by atoms with Gasteiger partial charge in [-0.3, -0.25) is 4.79 Å². The maximum absolute atomic E-state index is 11.6. The molecular weight excluding hydrogens is 372 g/mol. The fourth-order valence-electron chi connectivity index (χ4n) is 3.54. The molecule has 170 valence electrons. The fraction of sp³-hybridized carbons (Fsp3) is 0.654. The van der Waals surface area contributed by atoms with Crippen LogP contribution >= 0.6 is 0 Å². The summed E-state index contributed by atoms with van der Waals surface area (Å²) in [6, 6.07) is 11.6. The van der Waals surface area contributed by atoms with Crippen molar-refractivity contribution in [3.63, 3.8) is 0 Å². The third-order valence-corrected chi connectivity index (χ3v) is 4.98. The first kappa shape index (κ1) is 26.4. The topological polar surface area (TPSA) is 50.4 Å². The van der Waals surface area contributed by atoms with Crippen molar-refractivity contribution in [1.82, 2.24) is 10.6 Å². The van der Waals surface area contributed by atoms with Crippen LogP contribution in [0.3, 0.4) is 0 Å². The molecule has 0 aliphatic heterocycles. The van der Waals surface area contributed by atoms with E-state index in [9.17, 15) is 4.79 Å². The molecule has 4 heteroatoms. The predicted octanol–water partition coefficient (Wildman–Crippen LogP) is 5.73. The molecule has 1 aromatic rings. The van der Waals surface area contributed by atoms with Crippen LogP contribution in [0.2, 0.25) is 0 Å². The number of hydrogen-bond donors (Lipinski definition) is 2. The van der Waals surface area contributed by atoms with E-state index in [2.05, 4.69) is 35.8 Å². The van der Waals surface area contributed by atoms with Crippen molar-refractivity contribution in [3.8, 4) is 0 Å². The van der Waals surface area contributed by atoms with E-state index < -0.39 is 0 Å². The molecular formula is C26H44N2O2. The molecule has 0 unspecified atom stereocenters. The van der Waals surface area contributed by atoms with Crippen LogP contribution in [-0.2, 0) is 9.53 Å². The van der Waals surface area contributed by atoms with Crippen molar-refractivity contribution in [2.24, 2.45) is 0 Å². The molecule has 0 bridgehead atoms. The van der Waals surface area contributed by atoms with E-state index in [0.29, 0.717) is 18.5 Å². The highest BCUT2D eigenvalue weighted by atomic mass is 16.6. The number of benzene rings is 1. The van der Waals surface area contributed by atoms with Gasteiger partial charge in [0, 0.05) is 18.5 Å². The SMILES string of the molecule is C/C=C\c1ccccc1.CCCNC1CCC(NCCCC(=O)OC(C)(C)C)CC1. The van der Waals surface area contributed by atoms with Gasteiger partial charge < -0.3 is 15.4 Å². The smallest absolute Gasteiger partial charge is 0.306 e. The molecule has 0 atom stereocenters. The zero-order valence-corrected chi connectivity index (χ0v) is 19.9. The first-order valence-electron chi connectivity index (χ1n) is 11.7. The maximum atomic E-state index is 11.6. The second-order valence-electron chi connectivity index (χ2n) is 9.06. The van der Waals surface area contributed by atoms with Gasteiger partial charge in [0.1, 0.15) is 5.60 Å². The zero-order chi connectivity index (χ0) is 22.2. The van der Waals surface area contributed by atoms with E-state index in [1.54, 1.807) is 0 Å². The Morgan fingerprint density at radius 1 is 1.03 bits per heavy atom. The molecule has 1 aliphatic carbocycles. The average molecular weight is 417 g/mol. The molecule has 0 amide bonds. The quantitative estimate of drug-likeness (QED) is 0.399. The molecule has 2 rings (SSSR count). The zero-order valence-electron chi connectivity index (χ0n) is 19.9. The Morgan fingerprint density at radius 3 is 2.10 bits per heavy atom. The minimum absolute atomic E-state index is 0.0863. The number of carbonyl (C=O) groups excluding carboxylic acids is 1. The van der Waals surface area contributed by atoms with Crippen molar-refractivity contribution in [2.75, 3.05) is 13.1 Å². The van der Waals surface area contributed by atoms with E-state index in [-0.39, 0.29) is 11.6 Å². The number of ether oxygens (including phenoxy) is 1. The molecule has 1 aliphatic rings. The number of rotatable bonds is 9. The molecule has 4 nitrogen and oxygen atoms in total. The van der Waals surface area contributed by atoms with Crippen LogP contribution in [0.4, 0.5) is 0 Å². The van der Waals surface area contributed by atoms with Crippen molar-refractivity contribution in [3.05, 3.63) is 42.0 Å². The van der Waals surface area contributed by atoms with E-state index in [1.807, 2.05) is 52.0 Å². The standard InChI is InChI=1S/C17H34N2O2.C9H10/c1-5-12-18-14-8-10-15(11-9-14)19-13-6-7-16(20)21-17(2,3)4;1-2-6-9-7-4-3-5-8-9/h14-15,18-19H,5-13H2,1-4H3;2-8H,1H3/b;6-2-. The Bertz CT molecular complexity index is 585. The van der Waals surface area contributed by atoms with E-state index >= 15 is 0 Å². The van der Waals surface area contributed by atoms with E-state index in [4.69, 9.17) is 4.74 Å². The van der Waals surface area contributed by atoms with Gasteiger partial charge in [-0.05, 0) is 84.9 Å². The lowest BCUT2D eigenvalue weighted by Gasteiger charge is -2.30. The largest absolute Gasteiger partial charge is 0.460 e. The number of allylic oxidation sites excluding steroid dienone is 1. The summed E-state index contributed by atoms with van der Waals surface area (Å²) in [5.74, 6) is -0.0863. The third-order valence-electron chi connectivity index (χ3n) is 4.98. The van der Waals surface area contributed by atoms with Crippen LogP contribution in [0.5, 0.6) is 0 Å². The van der Waals surface area contributed by atoms with Crippen molar-refractivity contribution < 1.29 is 9.53 Å². The summed E-state index contributed by atoms with van der Waals surface area (Å²) in [5, 5.41) is 7.19. The van der Waals surface area contributed by atoms with Gasteiger partial charge in [0.25, 0.3) is 0 Å². The summed E-state index contributed by atoms with van der Waals surface area (Å²) in [4.78, 5) is 11.6. The van der Waals surface area contributed by atoms with Crippen molar-refractivity contribution in [2.45, 2.75) is 97.2 Å². The van der Waals surface area contributed by atoms with Crippen LogP contribution < -0.4 is 10.6 Å². The number of carbonyl (C=O) groups is 1. The summed E-state index contributed by atoms with van der Waals surface area (Å²) < 4.78 is 5.31. The Labute approximate surface area is 184 Å². The Kier molecular flexibility index (Phi) is 13.4. The van der Waals surface area contributed by atoms with Crippen LogP contribution in [0, 0.1) is 0 Å². The van der Waals surface area contributed by atoms with Crippen LogP contribution in [0.25, 0.3) is 6.08 Å². The number of hydrogen-bond acceptors (Lipinski definition) is 4. The highest BCUT2D eigenvalue weighted by Crippen LogP contribution is 2.18. The van der Waals surface area contributed by atoms with Crippen molar-refractivity contribution >= 4 is 12.0 Å². The molecule has 1 fully saturated rings. The first-order chi connectivity index (χ1) is 14.3. The molecule has 0 aromatic heterocycles. The normalized spacial score (nSPS) is 19.2. The summed E-state index contributed by atoms with van der Waals surface area (Å²) in [6.45, 7) is 12.0. The van der Waals surface area contributed by atoms with Gasteiger partial charge >= 0.3 is 5.97 Å². The summed E-state index contributed by atoms with van der Waals surface area (Å²) in [5.41, 5.74) is 0.897. The maximum Gasteiger partial charge on any atom is 0.306 e. The van der Waals surface area contributed by atoms with Gasteiger partial charge in [-0.2, -0.15) is 0 Å². The third kappa shape index (κ3) is 13.6. The van der Waals surface area contributed by atoms with E-state index in [1.165, 1.54) is 37.7 Å². The predicted molar refractivity (Wildman–Crippen MR) is 129 cm³/mol. The monoisotopic (exact) mass is 416 g/mol. The molecule has 0 heterocycles. The average Bonchev–Trinajstić information content (AvgIpc) is 2.71. The minimum Gasteiger partial charge on any atom is -0.460 e. The molecule has 2 N–H and O–H groups in total. The second kappa shape index (κ2) is 15.2. The molecule has 0 radical (unpaired) electrons. The van der Waals surface area contributed by atoms with E-state index in [0.717, 1.165) is 19.5 Å². The summed E-state index contributed by atoms with van der Waals surface area (Å²) in [7, 11) is 0. The molecule has 0 spiro atoms. The first-order valence-corrected chi connectivity index (χ1v) is 11.7.